The number of likely N-dealkylation sites (N-methyl/N-ethyl adjacent to an activating group) is 1. The molecule has 98 valence electrons. The molecule has 0 unspecified atom stereocenters. The molecule has 4 heteroatoms. The van der Waals surface area contributed by atoms with Crippen molar-refractivity contribution in [1.29, 1.82) is 0 Å². The van der Waals surface area contributed by atoms with Crippen LogP contribution in [0.5, 0.6) is 0 Å². The molecule has 1 N–H and O–H groups in total. The standard InChI is InChI=1S/C14H19FN2O/c1-10-5-6-12(13(15)8-10)14(18)17-7-3-4-11(9-17)16-2/h5-6,8,11,16H,3-4,7,9H2,1-2H3/t11-/m1/s1. The number of hydrogen-bond acceptors (Lipinski definition) is 2. The van der Waals surface area contributed by atoms with Gasteiger partial charge >= 0.3 is 0 Å². The summed E-state index contributed by atoms with van der Waals surface area (Å²) in [5, 5.41) is 3.18. The van der Waals surface area contributed by atoms with Crippen LogP contribution in [0.25, 0.3) is 0 Å². The lowest BCUT2D eigenvalue weighted by atomic mass is 10.0. The quantitative estimate of drug-likeness (QED) is 0.870. The molecule has 2 rings (SSSR count). The third kappa shape index (κ3) is 2.70. The minimum Gasteiger partial charge on any atom is -0.337 e. The van der Waals surface area contributed by atoms with Gasteiger partial charge in [-0.15, -0.1) is 0 Å². The minimum atomic E-state index is -0.424. The largest absolute Gasteiger partial charge is 0.337 e. The van der Waals surface area contributed by atoms with Gasteiger partial charge in [0.05, 0.1) is 5.56 Å². The molecule has 1 aliphatic heterocycles. The zero-order valence-corrected chi connectivity index (χ0v) is 10.9. The summed E-state index contributed by atoms with van der Waals surface area (Å²) in [4.78, 5) is 14.0. The summed E-state index contributed by atoms with van der Waals surface area (Å²) in [6.45, 7) is 3.18. The van der Waals surface area contributed by atoms with Gasteiger partial charge in [-0.1, -0.05) is 6.07 Å². The molecule has 1 aromatic carbocycles. The molecule has 1 aromatic rings. The fourth-order valence-electron chi connectivity index (χ4n) is 2.36. The zero-order chi connectivity index (χ0) is 13.1. The SMILES string of the molecule is CN[C@@H]1CCCN(C(=O)c2ccc(C)cc2F)C1. The number of amides is 1. The fraction of sp³-hybridized carbons (Fsp3) is 0.500. The first-order valence-electron chi connectivity index (χ1n) is 6.34. The monoisotopic (exact) mass is 250 g/mol. The Bertz CT molecular complexity index is 447. The number of rotatable bonds is 2. The van der Waals surface area contributed by atoms with Gasteiger partial charge in [-0.3, -0.25) is 4.79 Å². The number of carbonyl (C=O) groups is 1. The highest BCUT2D eigenvalue weighted by atomic mass is 19.1. The molecule has 1 aliphatic rings. The van der Waals surface area contributed by atoms with Crippen LogP contribution >= 0.6 is 0 Å². The molecule has 1 atom stereocenters. The van der Waals surface area contributed by atoms with E-state index in [1.165, 1.54) is 6.07 Å². The molecular weight excluding hydrogens is 231 g/mol. The summed E-state index contributed by atoms with van der Waals surface area (Å²) >= 11 is 0. The molecule has 0 aromatic heterocycles. The predicted molar refractivity (Wildman–Crippen MR) is 69.1 cm³/mol. The number of nitrogens with one attached hydrogen (secondary N) is 1. The summed E-state index contributed by atoms with van der Waals surface area (Å²) in [5.41, 5.74) is 1.01. The van der Waals surface area contributed by atoms with Crippen LogP contribution in [0.15, 0.2) is 18.2 Å². The first kappa shape index (κ1) is 13.0. The van der Waals surface area contributed by atoms with Crippen molar-refractivity contribution >= 4 is 5.91 Å². The van der Waals surface area contributed by atoms with E-state index in [0.29, 0.717) is 19.1 Å². The Morgan fingerprint density at radius 1 is 1.50 bits per heavy atom. The van der Waals surface area contributed by atoms with Crippen molar-refractivity contribution < 1.29 is 9.18 Å². The first-order chi connectivity index (χ1) is 8.61. The van der Waals surface area contributed by atoms with E-state index >= 15 is 0 Å². The second-order valence-electron chi connectivity index (χ2n) is 4.86. The number of aryl methyl sites for hydroxylation is 1. The Morgan fingerprint density at radius 3 is 2.94 bits per heavy atom. The third-order valence-corrected chi connectivity index (χ3v) is 3.47. The van der Waals surface area contributed by atoms with Gasteiger partial charge in [-0.25, -0.2) is 4.39 Å². The molecule has 0 radical (unpaired) electrons. The highest BCUT2D eigenvalue weighted by Gasteiger charge is 2.25. The lowest BCUT2D eigenvalue weighted by Gasteiger charge is -2.32. The highest BCUT2D eigenvalue weighted by molar-refractivity contribution is 5.94. The molecule has 0 bridgehead atoms. The fourth-order valence-corrected chi connectivity index (χ4v) is 2.36. The smallest absolute Gasteiger partial charge is 0.256 e. The molecule has 0 saturated carbocycles. The normalized spacial score (nSPS) is 19.9. The summed E-state index contributed by atoms with van der Waals surface area (Å²) in [7, 11) is 1.89. The third-order valence-electron chi connectivity index (χ3n) is 3.47. The van der Waals surface area contributed by atoms with Crippen molar-refractivity contribution in [3.8, 4) is 0 Å². The predicted octanol–water partition coefficient (Wildman–Crippen LogP) is 1.96. The zero-order valence-electron chi connectivity index (χ0n) is 10.9. The number of piperidine rings is 1. The Kier molecular flexibility index (Phi) is 3.97. The Hall–Kier alpha value is -1.42. The van der Waals surface area contributed by atoms with Crippen LogP contribution < -0.4 is 5.32 Å². The van der Waals surface area contributed by atoms with Crippen LogP contribution in [0.1, 0.15) is 28.8 Å². The van der Waals surface area contributed by atoms with Crippen LogP contribution in [0, 0.1) is 12.7 Å². The van der Waals surface area contributed by atoms with Crippen molar-refractivity contribution in [2.45, 2.75) is 25.8 Å². The Morgan fingerprint density at radius 2 is 2.28 bits per heavy atom. The summed E-state index contributed by atoms with van der Waals surface area (Å²) in [5.74, 6) is -0.626. The van der Waals surface area contributed by atoms with Crippen molar-refractivity contribution in [3.63, 3.8) is 0 Å². The van der Waals surface area contributed by atoms with E-state index in [9.17, 15) is 9.18 Å². The summed E-state index contributed by atoms with van der Waals surface area (Å²) < 4.78 is 13.8. The number of halogens is 1. The topological polar surface area (TPSA) is 32.3 Å². The van der Waals surface area contributed by atoms with E-state index in [4.69, 9.17) is 0 Å². The summed E-state index contributed by atoms with van der Waals surface area (Å²) in [6.07, 6.45) is 2.03. The second-order valence-corrected chi connectivity index (χ2v) is 4.86. The van der Waals surface area contributed by atoms with Crippen molar-refractivity contribution in [1.82, 2.24) is 10.2 Å². The van der Waals surface area contributed by atoms with Gasteiger partial charge in [0.1, 0.15) is 5.82 Å². The first-order valence-corrected chi connectivity index (χ1v) is 6.34. The van der Waals surface area contributed by atoms with Crippen LogP contribution in [0.4, 0.5) is 4.39 Å². The van der Waals surface area contributed by atoms with Crippen LogP contribution in [0.2, 0.25) is 0 Å². The molecule has 1 heterocycles. The van der Waals surface area contributed by atoms with E-state index in [2.05, 4.69) is 5.32 Å². The number of carbonyl (C=O) groups excluding carboxylic acids is 1. The number of benzene rings is 1. The second kappa shape index (κ2) is 5.48. The average Bonchev–Trinajstić information content (AvgIpc) is 2.38. The number of hydrogen-bond donors (Lipinski definition) is 1. The van der Waals surface area contributed by atoms with Crippen molar-refractivity contribution in [2.24, 2.45) is 0 Å². The van der Waals surface area contributed by atoms with Crippen LogP contribution in [-0.2, 0) is 0 Å². The van der Waals surface area contributed by atoms with Gasteiger partial charge in [0.2, 0.25) is 0 Å². The molecule has 1 fully saturated rings. The molecular formula is C14H19FN2O. The maximum Gasteiger partial charge on any atom is 0.256 e. The van der Waals surface area contributed by atoms with Gasteiger partial charge in [0.15, 0.2) is 0 Å². The van der Waals surface area contributed by atoms with E-state index < -0.39 is 5.82 Å². The van der Waals surface area contributed by atoms with E-state index in [1.807, 2.05) is 14.0 Å². The van der Waals surface area contributed by atoms with Crippen LogP contribution in [-0.4, -0.2) is 37.0 Å². The number of likely N-dealkylation sites (tertiary alicyclic amines) is 1. The molecule has 1 saturated heterocycles. The molecule has 18 heavy (non-hydrogen) atoms. The molecule has 0 aliphatic carbocycles. The van der Waals surface area contributed by atoms with Crippen molar-refractivity contribution in [3.05, 3.63) is 35.1 Å². The van der Waals surface area contributed by atoms with Gasteiger partial charge < -0.3 is 10.2 Å². The Labute approximate surface area is 107 Å². The van der Waals surface area contributed by atoms with Crippen molar-refractivity contribution in [2.75, 3.05) is 20.1 Å². The van der Waals surface area contributed by atoms with Gasteiger partial charge in [0.25, 0.3) is 5.91 Å². The molecule has 3 nitrogen and oxygen atoms in total. The lowest BCUT2D eigenvalue weighted by Crippen LogP contribution is -2.47. The Balaban J connectivity index is 2.15. The molecule has 1 amide bonds. The average molecular weight is 250 g/mol. The van der Waals surface area contributed by atoms with E-state index in [1.54, 1.807) is 17.0 Å². The summed E-state index contributed by atoms with van der Waals surface area (Å²) in [6, 6.07) is 5.08. The van der Waals surface area contributed by atoms with E-state index in [0.717, 1.165) is 18.4 Å². The number of nitrogens with zero attached hydrogens (tertiary/aromatic N) is 1. The van der Waals surface area contributed by atoms with Crippen LogP contribution in [0.3, 0.4) is 0 Å². The lowest BCUT2D eigenvalue weighted by molar-refractivity contribution is 0.0693. The van der Waals surface area contributed by atoms with E-state index in [-0.39, 0.29) is 11.5 Å². The highest BCUT2D eigenvalue weighted by Crippen LogP contribution is 2.16. The maximum absolute atomic E-state index is 13.8. The van der Waals surface area contributed by atoms with Gasteiger partial charge in [0, 0.05) is 19.1 Å². The van der Waals surface area contributed by atoms with Gasteiger partial charge in [-0.05, 0) is 44.5 Å². The minimum absolute atomic E-state index is 0.178. The van der Waals surface area contributed by atoms with Gasteiger partial charge in [-0.2, -0.15) is 0 Å². The molecule has 0 spiro atoms. The maximum atomic E-state index is 13.8.